The SMILES string of the molecule is CC1(c2c[nH]nn2)OCCCC1O. The Balaban J connectivity index is 2.27. The minimum Gasteiger partial charge on any atom is -0.390 e. The summed E-state index contributed by atoms with van der Waals surface area (Å²) < 4.78 is 5.55. The first-order chi connectivity index (χ1) is 6.23. The third-order valence-electron chi connectivity index (χ3n) is 2.59. The molecule has 13 heavy (non-hydrogen) atoms. The zero-order valence-electron chi connectivity index (χ0n) is 7.53. The molecule has 2 N–H and O–H groups in total. The van der Waals surface area contributed by atoms with Crippen LogP contribution in [0.3, 0.4) is 0 Å². The highest BCUT2D eigenvalue weighted by atomic mass is 16.5. The van der Waals surface area contributed by atoms with Gasteiger partial charge in [-0.1, -0.05) is 5.21 Å². The summed E-state index contributed by atoms with van der Waals surface area (Å²) in [5.74, 6) is 0. The highest BCUT2D eigenvalue weighted by molar-refractivity contribution is 5.09. The molecule has 1 aromatic heterocycles. The highest BCUT2D eigenvalue weighted by Crippen LogP contribution is 2.33. The maximum atomic E-state index is 9.79. The van der Waals surface area contributed by atoms with Crippen LogP contribution in [0.15, 0.2) is 6.20 Å². The summed E-state index contributed by atoms with van der Waals surface area (Å²) in [7, 11) is 0. The van der Waals surface area contributed by atoms with Gasteiger partial charge in [0.25, 0.3) is 0 Å². The lowest BCUT2D eigenvalue weighted by atomic mass is 9.90. The van der Waals surface area contributed by atoms with Gasteiger partial charge < -0.3 is 9.84 Å². The predicted octanol–water partition coefficient (Wildman–Crippen LogP) is 0.191. The highest BCUT2D eigenvalue weighted by Gasteiger charge is 2.40. The fourth-order valence-electron chi connectivity index (χ4n) is 1.62. The van der Waals surface area contributed by atoms with Crippen molar-refractivity contribution in [1.29, 1.82) is 0 Å². The van der Waals surface area contributed by atoms with E-state index in [1.165, 1.54) is 0 Å². The van der Waals surface area contributed by atoms with Crippen LogP contribution in [0.5, 0.6) is 0 Å². The number of nitrogens with zero attached hydrogens (tertiary/aromatic N) is 2. The Morgan fingerprint density at radius 2 is 2.62 bits per heavy atom. The van der Waals surface area contributed by atoms with Crippen LogP contribution in [0.25, 0.3) is 0 Å². The molecule has 2 rings (SSSR count). The second kappa shape index (κ2) is 3.08. The summed E-state index contributed by atoms with van der Waals surface area (Å²) in [6.45, 7) is 2.51. The summed E-state index contributed by atoms with van der Waals surface area (Å²) in [6, 6.07) is 0. The van der Waals surface area contributed by atoms with Gasteiger partial charge in [0, 0.05) is 12.8 Å². The van der Waals surface area contributed by atoms with Gasteiger partial charge in [0.05, 0.1) is 6.10 Å². The fourth-order valence-corrected chi connectivity index (χ4v) is 1.62. The van der Waals surface area contributed by atoms with Gasteiger partial charge in [-0.25, -0.2) is 0 Å². The molecule has 0 aliphatic carbocycles. The van der Waals surface area contributed by atoms with Gasteiger partial charge in [-0.05, 0) is 19.8 Å². The molecule has 0 amide bonds. The van der Waals surface area contributed by atoms with Crippen molar-refractivity contribution >= 4 is 0 Å². The van der Waals surface area contributed by atoms with Gasteiger partial charge in [0.1, 0.15) is 11.3 Å². The maximum Gasteiger partial charge on any atom is 0.136 e. The van der Waals surface area contributed by atoms with Gasteiger partial charge >= 0.3 is 0 Å². The van der Waals surface area contributed by atoms with E-state index in [-0.39, 0.29) is 0 Å². The first-order valence-electron chi connectivity index (χ1n) is 4.42. The normalized spacial score (nSPS) is 34.8. The maximum absolute atomic E-state index is 9.79. The van der Waals surface area contributed by atoms with Crippen LogP contribution in [0, 0.1) is 0 Å². The van der Waals surface area contributed by atoms with E-state index in [2.05, 4.69) is 15.4 Å². The molecular weight excluding hydrogens is 170 g/mol. The molecule has 0 bridgehead atoms. The van der Waals surface area contributed by atoms with E-state index in [9.17, 15) is 5.11 Å². The number of ether oxygens (including phenoxy) is 1. The van der Waals surface area contributed by atoms with E-state index >= 15 is 0 Å². The fraction of sp³-hybridized carbons (Fsp3) is 0.750. The monoisotopic (exact) mass is 183 g/mol. The van der Waals surface area contributed by atoms with Crippen LogP contribution in [-0.4, -0.2) is 33.2 Å². The van der Waals surface area contributed by atoms with Crippen LogP contribution < -0.4 is 0 Å². The smallest absolute Gasteiger partial charge is 0.136 e. The average molecular weight is 183 g/mol. The Hall–Kier alpha value is -0.940. The van der Waals surface area contributed by atoms with Crippen LogP contribution in [0.2, 0.25) is 0 Å². The van der Waals surface area contributed by atoms with Crippen molar-refractivity contribution in [3.63, 3.8) is 0 Å². The topological polar surface area (TPSA) is 71.0 Å². The number of H-pyrrole nitrogens is 1. The van der Waals surface area contributed by atoms with Crippen molar-refractivity contribution in [2.75, 3.05) is 6.61 Å². The third-order valence-corrected chi connectivity index (χ3v) is 2.59. The summed E-state index contributed by atoms with van der Waals surface area (Å²) in [5, 5.41) is 19.9. The second-order valence-electron chi connectivity index (χ2n) is 3.47. The number of nitrogens with one attached hydrogen (secondary N) is 1. The molecule has 2 unspecified atom stereocenters. The number of rotatable bonds is 1. The lowest BCUT2D eigenvalue weighted by molar-refractivity contribution is -0.151. The number of aliphatic hydroxyl groups excluding tert-OH is 1. The van der Waals surface area contributed by atoms with E-state index in [1.54, 1.807) is 6.20 Å². The Labute approximate surface area is 76.1 Å². The Morgan fingerprint density at radius 1 is 1.77 bits per heavy atom. The van der Waals surface area contributed by atoms with Gasteiger partial charge in [-0.15, -0.1) is 5.10 Å². The van der Waals surface area contributed by atoms with E-state index in [0.29, 0.717) is 12.3 Å². The Kier molecular flexibility index (Phi) is 2.05. The molecule has 1 aliphatic heterocycles. The van der Waals surface area contributed by atoms with Crippen LogP contribution in [-0.2, 0) is 10.3 Å². The molecule has 0 saturated carbocycles. The molecule has 2 heterocycles. The minimum absolute atomic E-state index is 0.494. The van der Waals surface area contributed by atoms with Crippen molar-refractivity contribution in [3.05, 3.63) is 11.9 Å². The number of hydrogen-bond donors (Lipinski definition) is 2. The first kappa shape index (κ1) is 8.65. The summed E-state index contributed by atoms with van der Waals surface area (Å²) in [4.78, 5) is 0. The number of hydrogen-bond acceptors (Lipinski definition) is 4. The lowest BCUT2D eigenvalue weighted by Crippen LogP contribution is -2.43. The van der Waals surface area contributed by atoms with Crippen molar-refractivity contribution in [2.45, 2.75) is 31.5 Å². The largest absolute Gasteiger partial charge is 0.390 e. The zero-order valence-corrected chi connectivity index (χ0v) is 7.53. The van der Waals surface area contributed by atoms with Gasteiger partial charge in [-0.2, -0.15) is 0 Å². The zero-order chi connectivity index (χ0) is 9.31. The van der Waals surface area contributed by atoms with E-state index in [4.69, 9.17) is 4.74 Å². The molecule has 1 aromatic rings. The number of aromatic amines is 1. The molecule has 2 atom stereocenters. The quantitative estimate of drug-likeness (QED) is 0.652. The van der Waals surface area contributed by atoms with Gasteiger partial charge in [0.15, 0.2) is 0 Å². The van der Waals surface area contributed by atoms with Gasteiger partial charge in [-0.3, -0.25) is 5.10 Å². The molecule has 5 nitrogen and oxygen atoms in total. The van der Waals surface area contributed by atoms with Crippen LogP contribution in [0.4, 0.5) is 0 Å². The van der Waals surface area contributed by atoms with Crippen molar-refractivity contribution in [3.8, 4) is 0 Å². The van der Waals surface area contributed by atoms with Crippen molar-refractivity contribution in [1.82, 2.24) is 15.4 Å². The molecule has 72 valence electrons. The predicted molar refractivity (Wildman–Crippen MR) is 44.9 cm³/mol. The van der Waals surface area contributed by atoms with Crippen molar-refractivity contribution in [2.24, 2.45) is 0 Å². The summed E-state index contributed by atoms with van der Waals surface area (Å²) >= 11 is 0. The summed E-state index contributed by atoms with van der Waals surface area (Å²) in [6.07, 6.45) is 2.82. The van der Waals surface area contributed by atoms with Crippen LogP contribution >= 0.6 is 0 Å². The Bertz CT molecular complexity index is 275. The third kappa shape index (κ3) is 1.34. The average Bonchev–Trinajstić information content (AvgIpc) is 2.63. The first-order valence-corrected chi connectivity index (χ1v) is 4.42. The molecule has 1 saturated heterocycles. The molecule has 0 spiro atoms. The summed E-state index contributed by atoms with van der Waals surface area (Å²) in [5.41, 5.74) is -0.0228. The molecule has 0 radical (unpaired) electrons. The molecule has 1 fully saturated rings. The number of aliphatic hydroxyl groups is 1. The van der Waals surface area contributed by atoms with Crippen molar-refractivity contribution < 1.29 is 9.84 Å². The van der Waals surface area contributed by atoms with E-state index in [1.807, 2.05) is 6.92 Å². The minimum atomic E-state index is -0.689. The Morgan fingerprint density at radius 3 is 3.23 bits per heavy atom. The van der Waals surface area contributed by atoms with E-state index < -0.39 is 11.7 Å². The molecule has 0 aromatic carbocycles. The standard InChI is InChI=1S/C8H13N3O2/c1-8(6-5-9-11-10-6)7(12)3-2-4-13-8/h5,7,12H,2-4H2,1H3,(H,9,10,11). The van der Waals surface area contributed by atoms with Crippen LogP contribution in [0.1, 0.15) is 25.5 Å². The lowest BCUT2D eigenvalue weighted by Gasteiger charge is -2.36. The molecule has 5 heteroatoms. The molecular formula is C8H13N3O2. The second-order valence-corrected chi connectivity index (χ2v) is 3.47. The van der Waals surface area contributed by atoms with E-state index in [0.717, 1.165) is 12.8 Å². The molecule has 1 aliphatic rings. The van der Waals surface area contributed by atoms with Gasteiger partial charge in [0.2, 0.25) is 0 Å². The number of aromatic nitrogens is 3.